The molecule has 0 radical (unpaired) electrons. The van der Waals surface area contributed by atoms with E-state index in [1.807, 2.05) is 0 Å². The van der Waals surface area contributed by atoms with Crippen LogP contribution in [0.1, 0.15) is 52.9 Å². The van der Waals surface area contributed by atoms with E-state index >= 15 is 0 Å². The van der Waals surface area contributed by atoms with Gasteiger partial charge in [-0.05, 0) is 63.9 Å². The zero-order valence-corrected chi connectivity index (χ0v) is 35.7. The number of hydrogen-bond donors (Lipinski definition) is 4. The van der Waals surface area contributed by atoms with Crippen LogP contribution in [0.4, 0.5) is 0 Å². The Hall–Kier alpha value is -4.77. The molecule has 4 aromatic carbocycles. The average Bonchev–Trinajstić information content (AvgIpc) is 3.52. The molecule has 0 saturated carbocycles. The molecule has 0 bridgehead atoms. The molecule has 4 aromatic rings. The highest BCUT2D eigenvalue weighted by Gasteiger charge is 2.30. The van der Waals surface area contributed by atoms with Crippen LogP contribution in [0.25, 0.3) is 32.3 Å². The Kier molecular flexibility index (Phi) is 14.6. The fourth-order valence-corrected chi connectivity index (χ4v) is 9.71. The Morgan fingerprint density at radius 1 is 0.717 bits per heavy atom. The molecule has 326 valence electrons. The van der Waals surface area contributed by atoms with Crippen LogP contribution < -0.4 is 10.1 Å². The minimum atomic E-state index is -5.09. The molecule has 0 aliphatic carbocycles. The van der Waals surface area contributed by atoms with Crippen molar-refractivity contribution in [2.75, 3.05) is 52.4 Å². The summed E-state index contributed by atoms with van der Waals surface area (Å²) < 4.78 is 110. The fourth-order valence-electron chi connectivity index (χ4n) is 7.50. The lowest BCUT2D eigenvalue weighted by atomic mass is 9.93. The summed E-state index contributed by atoms with van der Waals surface area (Å²) in [5.74, 6) is -1.92. The third kappa shape index (κ3) is 10.4. The molecule has 4 N–H and O–H groups in total. The summed E-state index contributed by atoms with van der Waals surface area (Å²) in [4.78, 5) is 51.7. The highest BCUT2D eigenvalue weighted by molar-refractivity contribution is 7.87. The number of ether oxygens (including phenoxy) is 1. The molecule has 0 spiro atoms. The van der Waals surface area contributed by atoms with Crippen molar-refractivity contribution < 1.29 is 62.8 Å². The molecule has 1 fully saturated rings. The van der Waals surface area contributed by atoms with Crippen molar-refractivity contribution >= 4 is 86.3 Å². The Labute approximate surface area is 348 Å². The van der Waals surface area contributed by atoms with Crippen LogP contribution >= 0.6 is 0 Å². The molecule has 4 amide bonds. The van der Waals surface area contributed by atoms with Crippen molar-refractivity contribution in [2.24, 2.45) is 5.92 Å². The second-order valence-corrected chi connectivity index (χ2v) is 18.5. The smallest absolute Gasteiger partial charge is 0.295 e. The summed E-state index contributed by atoms with van der Waals surface area (Å²) in [6.45, 7) is 10.7. The van der Waals surface area contributed by atoms with E-state index in [1.165, 1.54) is 48.8 Å². The number of unbranched alkanes of at least 4 members (excludes halogenated alkanes) is 2. The molecule has 0 atom stereocenters. The number of piperidine rings is 1. The standard InChI is InChI=1S/C33H33N3O14S3.C6H15N/c37-28-8-9-29(38)36(28)13-3-1-2-12-34-33(40)19-10-14-35(15-11-19)30(39)18-50-24-16-25(51(41,42)43)21-6-7-23-27(53(47,48)49)17-26(52(44,45)46)22-5-4-20(24)31(21)32(22)23;1-4-7(5-2)6-3/h4-9,16-17,19H,1-3,10-15,18H2,(H,34,40)(H,41,42,43)(H,44,45,46)(H,47,48,49);4-6H2,1-3H3. The van der Waals surface area contributed by atoms with E-state index in [0.29, 0.717) is 51.3 Å². The number of likely N-dealkylation sites (tertiary alicyclic amines) is 1. The Bertz CT molecular complexity index is 2580. The van der Waals surface area contributed by atoms with Crippen molar-refractivity contribution in [1.82, 2.24) is 20.0 Å². The predicted molar refractivity (Wildman–Crippen MR) is 221 cm³/mol. The van der Waals surface area contributed by atoms with Gasteiger partial charge in [0.25, 0.3) is 48.1 Å². The molecule has 2 aliphatic heterocycles. The Morgan fingerprint density at radius 3 is 1.65 bits per heavy atom. The summed E-state index contributed by atoms with van der Waals surface area (Å²) >= 11 is 0. The first-order valence-corrected chi connectivity index (χ1v) is 23.7. The van der Waals surface area contributed by atoms with E-state index in [2.05, 4.69) is 31.0 Å². The van der Waals surface area contributed by atoms with Crippen LogP contribution in [-0.2, 0) is 49.5 Å². The van der Waals surface area contributed by atoms with Crippen molar-refractivity contribution in [3.63, 3.8) is 0 Å². The van der Waals surface area contributed by atoms with Crippen LogP contribution in [0.15, 0.2) is 63.2 Å². The summed E-state index contributed by atoms with van der Waals surface area (Å²) in [6.07, 6.45) is 5.13. The van der Waals surface area contributed by atoms with Crippen molar-refractivity contribution in [2.45, 2.75) is 67.6 Å². The lowest BCUT2D eigenvalue weighted by Crippen LogP contribution is -2.44. The van der Waals surface area contributed by atoms with Crippen molar-refractivity contribution in [3.05, 3.63) is 48.6 Å². The predicted octanol–water partition coefficient (Wildman–Crippen LogP) is 3.50. The molecular weight excluding hydrogens is 845 g/mol. The summed E-state index contributed by atoms with van der Waals surface area (Å²) in [5, 5.41) is 2.09. The van der Waals surface area contributed by atoms with Crippen LogP contribution in [-0.4, -0.2) is 130 Å². The van der Waals surface area contributed by atoms with Crippen LogP contribution in [0.5, 0.6) is 5.75 Å². The SMILES string of the molecule is CCN(CC)CC.O=C(NCCCCCN1C(=O)C=CC1=O)C1CCN(C(=O)COc2cc(S(=O)(=O)O)c3ccc4c(S(=O)(=O)O)cc(S(=O)(=O)O)c5ccc2c3c54)CC1. The first-order valence-electron chi connectivity index (χ1n) is 19.4. The summed E-state index contributed by atoms with van der Waals surface area (Å²) in [7, 11) is -15.2. The van der Waals surface area contributed by atoms with Gasteiger partial charge in [-0.25, -0.2) is 0 Å². The van der Waals surface area contributed by atoms with Crippen molar-refractivity contribution in [1.29, 1.82) is 0 Å². The van der Waals surface area contributed by atoms with Crippen LogP contribution in [0, 0.1) is 5.92 Å². The number of imide groups is 1. The van der Waals surface area contributed by atoms with Gasteiger partial charge in [0, 0.05) is 82.6 Å². The van der Waals surface area contributed by atoms with E-state index in [0.717, 1.165) is 23.1 Å². The zero-order chi connectivity index (χ0) is 44.2. The lowest BCUT2D eigenvalue weighted by Gasteiger charge is -2.31. The van der Waals surface area contributed by atoms with Crippen LogP contribution in [0.3, 0.4) is 0 Å². The third-order valence-corrected chi connectivity index (χ3v) is 13.4. The normalized spacial score (nSPS) is 15.4. The monoisotopic (exact) mass is 892 g/mol. The van der Waals surface area contributed by atoms with Gasteiger partial charge >= 0.3 is 0 Å². The fraction of sp³-hybridized carbons (Fsp3) is 0.436. The molecule has 6 rings (SSSR count). The quantitative estimate of drug-likeness (QED) is 0.0543. The lowest BCUT2D eigenvalue weighted by molar-refractivity contribution is -0.137. The van der Waals surface area contributed by atoms with Gasteiger partial charge in [0.2, 0.25) is 5.91 Å². The third-order valence-electron chi connectivity index (χ3n) is 10.8. The van der Waals surface area contributed by atoms with E-state index in [1.54, 1.807) is 0 Å². The maximum absolute atomic E-state index is 13.2. The van der Waals surface area contributed by atoms with E-state index in [9.17, 15) is 58.1 Å². The number of amides is 4. The zero-order valence-electron chi connectivity index (χ0n) is 33.3. The number of hydrogen-bond acceptors (Lipinski definition) is 12. The molecular formula is C39H48N4O14S3. The second-order valence-electron chi connectivity index (χ2n) is 14.3. The Morgan fingerprint density at radius 2 is 1.18 bits per heavy atom. The van der Waals surface area contributed by atoms with Gasteiger partial charge in [-0.3, -0.25) is 37.7 Å². The average molecular weight is 893 g/mol. The number of nitrogens with zero attached hydrogens (tertiary/aromatic N) is 3. The highest BCUT2D eigenvalue weighted by atomic mass is 32.2. The number of benzene rings is 4. The number of carbonyl (C=O) groups is 4. The molecule has 2 heterocycles. The van der Waals surface area contributed by atoms with Gasteiger partial charge < -0.3 is 19.9 Å². The van der Waals surface area contributed by atoms with E-state index in [-0.39, 0.29) is 74.8 Å². The largest absolute Gasteiger partial charge is 0.483 e. The van der Waals surface area contributed by atoms with E-state index < -0.39 is 57.6 Å². The molecule has 0 unspecified atom stereocenters. The topological polar surface area (TPSA) is 262 Å². The maximum atomic E-state index is 13.2. The molecule has 21 heteroatoms. The van der Waals surface area contributed by atoms with Gasteiger partial charge in [-0.1, -0.05) is 39.0 Å². The second kappa shape index (κ2) is 18.9. The summed E-state index contributed by atoms with van der Waals surface area (Å²) in [6, 6.07) is 6.35. The molecule has 0 aromatic heterocycles. The molecule has 2 aliphatic rings. The minimum absolute atomic E-state index is 0.0890. The maximum Gasteiger partial charge on any atom is 0.295 e. The molecule has 60 heavy (non-hydrogen) atoms. The van der Waals surface area contributed by atoms with Crippen LogP contribution in [0.2, 0.25) is 0 Å². The van der Waals surface area contributed by atoms with Gasteiger partial charge in [0.1, 0.15) is 20.4 Å². The minimum Gasteiger partial charge on any atom is -0.483 e. The van der Waals surface area contributed by atoms with E-state index in [4.69, 9.17) is 4.74 Å². The molecule has 1 saturated heterocycles. The summed E-state index contributed by atoms with van der Waals surface area (Å²) in [5.41, 5.74) is 0. The highest BCUT2D eigenvalue weighted by Crippen LogP contribution is 2.45. The first-order chi connectivity index (χ1) is 28.2. The Balaban J connectivity index is 0.000000896. The number of nitrogens with one attached hydrogen (secondary N) is 1. The number of rotatable bonds is 16. The first kappa shape index (κ1) is 46.3. The van der Waals surface area contributed by atoms with Crippen molar-refractivity contribution in [3.8, 4) is 5.75 Å². The van der Waals surface area contributed by atoms with Gasteiger partial charge in [0.05, 0.1) is 0 Å². The van der Waals surface area contributed by atoms with Gasteiger partial charge in [-0.15, -0.1) is 0 Å². The van der Waals surface area contributed by atoms with Gasteiger partial charge in [-0.2, -0.15) is 25.3 Å². The van der Waals surface area contributed by atoms with Gasteiger partial charge in [0.15, 0.2) is 6.61 Å². The molecule has 18 nitrogen and oxygen atoms in total. The number of carbonyl (C=O) groups excluding carboxylic acids is 4.